The molecule has 2 aromatic heterocycles. The molecule has 0 bridgehead atoms. The summed E-state index contributed by atoms with van der Waals surface area (Å²) in [6.07, 6.45) is 2.80. The fourth-order valence-electron chi connectivity index (χ4n) is 1.80. The van der Waals surface area contributed by atoms with Gasteiger partial charge in [0.05, 0.1) is 25.2 Å². The molecule has 1 unspecified atom stereocenters. The molecule has 0 spiro atoms. The number of fused-ring (bicyclic) bond motifs is 1. The fraction of sp³-hybridized carbons (Fsp3) is 0.571. The fourth-order valence-corrected chi connectivity index (χ4v) is 1.80. The minimum atomic E-state index is -0.391. The molecule has 126 valence electrons. The van der Waals surface area contributed by atoms with Crippen LogP contribution in [-0.2, 0) is 25.7 Å². The second kappa shape index (κ2) is 7.84. The first-order chi connectivity index (χ1) is 11.0. The van der Waals surface area contributed by atoms with Gasteiger partial charge in [0, 0.05) is 6.92 Å². The molecule has 2 aromatic rings. The van der Waals surface area contributed by atoms with Crippen LogP contribution in [0.25, 0.3) is 11.2 Å². The van der Waals surface area contributed by atoms with Gasteiger partial charge in [-0.1, -0.05) is 0 Å². The number of ether oxygens (including phenoxy) is 3. The third-order valence-corrected chi connectivity index (χ3v) is 2.91. The summed E-state index contributed by atoms with van der Waals surface area (Å²) in [6.45, 7) is 5.81. The average molecular weight is 323 g/mol. The molecule has 0 aromatic carbocycles. The summed E-state index contributed by atoms with van der Waals surface area (Å²) < 4.78 is 18.0. The van der Waals surface area contributed by atoms with E-state index in [0.29, 0.717) is 17.8 Å². The van der Waals surface area contributed by atoms with Crippen molar-refractivity contribution in [3.05, 3.63) is 12.5 Å². The van der Waals surface area contributed by atoms with Crippen LogP contribution in [0.1, 0.15) is 20.8 Å². The summed E-state index contributed by atoms with van der Waals surface area (Å²) in [4.78, 5) is 23.2. The lowest BCUT2D eigenvalue weighted by atomic mass is 10.4. The molecule has 23 heavy (non-hydrogen) atoms. The third-order valence-electron chi connectivity index (χ3n) is 2.91. The summed E-state index contributed by atoms with van der Waals surface area (Å²) in [5.74, 6) is -0.199. The average Bonchev–Trinajstić information content (AvgIpc) is 2.88. The van der Waals surface area contributed by atoms with E-state index >= 15 is 0 Å². The predicted molar refractivity (Wildman–Crippen MR) is 82.3 cm³/mol. The topological polar surface area (TPSA) is 114 Å². The largest absolute Gasteiger partial charge is 0.463 e. The van der Waals surface area contributed by atoms with E-state index in [1.54, 1.807) is 17.1 Å². The summed E-state index contributed by atoms with van der Waals surface area (Å²) in [5, 5.41) is 0. The van der Waals surface area contributed by atoms with Crippen LogP contribution >= 0.6 is 0 Å². The second-order valence-electron chi connectivity index (χ2n) is 5.25. The molecular formula is C14H21N5O4. The minimum absolute atomic E-state index is 0.0556. The van der Waals surface area contributed by atoms with Gasteiger partial charge in [-0.25, -0.2) is 9.97 Å². The number of carbonyl (C=O) groups excluding carboxylic acids is 1. The molecule has 0 saturated carbocycles. The van der Waals surface area contributed by atoms with Crippen LogP contribution in [0, 0.1) is 0 Å². The first kappa shape index (κ1) is 17.1. The second-order valence-corrected chi connectivity index (χ2v) is 5.25. The van der Waals surface area contributed by atoms with Crippen LogP contribution in [-0.4, -0.2) is 50.9 Å². The molecule has 0 radical (unpaired) electrons. The number of imidazole rings is 1. The van der Waals surface area contributed by atoms with Gasteiger partial charge in [-0.15, -0.1) is 0 Å². The zero-order valence-corrected chi connectivity index (χ0v) is 13.4. The highest BCUT2D eigenvalue weighted by Gasteiger charge is 2.14. The Morgan fingerprint density at radius 3 is 2.78 bits per heavy atom. The monoisotopic (exact) mass is 323 g/mol. The third kappa shape index (κ3) is 5.15. The van der Waals surface area contributed by atoms with E-state index < -0.39 is 6.10 Å². The number of esters is 1. The van der Waals surface area contributed by atoms with Crippen LogP contribution in [0.15, 0.2) is 12.5 Å². The van der Waals surface area contributed by atoms with Gasteiger partial charge in [0.1, 0.15) is 25.0 Å². The predicted octanol–water partition coefficient (Wildman–Crippen LogP) is 0.739. The van der Waals surface area contributed by atoms with Crippen molar-refractivity contribution < 1.29 is 19.0 Å². The maximum atomic E-state index is 11.0. The zero-order valence-electron chi connectivity index (χ0n) is 13.4. The first-order valence-electron chi connectivity index (χ1n) is 7.25. The van der Waals surface area contributed by atoms with Gasteiger partial charge in [0.25, 0.3) is 0 Å². The van der Waals surface area contributed by atoms with E-state index in [4.69, 9.17) is 19.9 Å². The number of anilines is 1. The molecule has 2 N–H and O–H groups in total. The van der Waals surface area contributed by atoms with Gasteiger partial charge >= 0.3 is 5.97 Å². The van der Waals surface area contributed by atoms with Crippen molar-refractivity contribution in [2.45, 2.75) is 39.7 Å². The zero-order chi connectivity index (χ0) is 16.8. The number of carbonyl (C=O) groups is 1. The molecule has 0 saturated heterocycles. The summed E-state index contributed by atoms with van der Waals surface area (Å²) in [5.41, 5.74) is 6.79. The quantitative estimate of drug-likeness (QED) is 0.707. The van der Waals surface area contributed by atoms with Gasteiger partial charge in [-0.2, -0.15) is 4.98 Å². The lowest BCUT2D eigenvalue weighted by Crippen LogP contribution is -2.29. The SMILES string of the molecule is CC(=O)OCC(COC(C)C)OCn1cnc2cnc(N)nc21. The summed E-state index contributed by atoms with van der Waals surface area (Å²) >= 11 is 0. The van der Waals surface area contributed by atoms with Crippen LogP contribution in [0.4, 0.5) is 5.95 Å². The highest BCUT2D eigenvalue weighted by atomic mass is 16.6. The Morgan fingerprint density at radius 2 is 2.09 bits per heavy atom. The van der Waals surface area contributed by atoms with E-state index in [1.165, 1.54) is 6.92 Å². The number of nitrogens with zero attached hydrogens (tertiary/aromatic N) is 4. The van der Waals surface area contributed by atoms with Crippen LogP contribution in [0.2, 0.25) is 0 Å². The highest BCUT2D eigenvalue weighted by molar-refractivity contribution is 5.70. The van der Waals surface area contributed by atoms with Crippen molar-refractivity contribution in [1.82, 2.24) is 19.5 Å². The van der Waals surface area contributed by atoms with Crippen molar-refractivity contribution in [3.63, 3.8) is 0 Å². The molecule has 0 amide bonds. The van der Waals surface area contributed by atoms with Crippen molar-refractivity contribution in [2.24, 2.45) is 0 Å². The number of nitrogen functional groups attached to an aromatic ring is 1. The highest BCUT2D eigenvalue weighted by Crippen LogP contribution is 2.11. The van der Waals surface area contributed by atoms with E-state index in [0.717, 1.165) is 0 Å². The Balaban J connectivity index is 2.00. The maximum Gasteiger partial charge on any atom is 0.302 e. The first-order valence-corrected chi connectivity index (χ1v) is 7.25. The molecule has 9 nitrogen and oxygen atoms in total. The van der Waals surface area contributed by atoms with Crippen LogP contribution in [0.5, 0.6) is 0 Å². The Bertz CT molecular complexity index is 658. The number of hydrogen-bond acceptors (Lipinski definition) is 8. The Labute approximate surface area is 133 Å². The van der Waals surface area contributed by atoms with Crippen molar-refractivity contribution in [1.29, 1.82) is 0 Å². The molecule has 1 atom stereocenters. The number of nitrogens with two attached hydrogens (primary N) is 1. The number of aromatic nitrogens is 4. The molecule has 0 fully saturated rings. The van der Waals surface area contributed by atoms with Crippen LogP contribution < -0.4 is 5.73 Å². The normalized spacial score (nSPS) is 12.7. The van der Waals surface area contributed by atoms with E-state index in [1.807, 2.05) is 13.8 Å². The summed E-state index contributed by atoms with van der Waals surface area (Å²) in [7, 11) is 0. The summed E-state index contributed by atoms with van der Waals surface area (Å²) in [6, 6.07) is 0. The van der Waals surface area contributed by atoms with Gasteiger partial charge in [-0.3, -0.25) is 9.36 Å². The van der Waals surface area contributed by atoms with Gasteiger partial charge in [0.2, 0.25) is 5.95 Å². The lowest BCUT2D eigenvalue weighted by Gasteiger charge is -2.19. The maximum absolute atomic E-state index is 11.0. The molecule has 2 rings (SSSR count). The standard InChI is InChI=1S/C14H21N5O4/c1-9(2)21-5-11(6-22-10(3)20)23-8-19-7-17-12-4-16-14(15)18-13(12)19/h4,7,9,11H,5-6,8H2,1-3H3,(H2,15,16,18). The molecule has 2 heterocycles. The smallest absolute Gasteiger partial charge is 0.302 e. The van der Waals surface area contributed by atoms with Crippen LogP contribution in [0.3, 0.4) is 0 Å². The molecule has 0 aliphatic carbocycles. The van der Waals surface area contributed by atoms with Crippen molar-refractivity contribution in [2.75, 3.05) is 18.9 Å². The van der Waals surface area contributed by atoms with Gasteiger partial charge in [0.15, 0.2) is 5.65 Å². The van der Waals surface area contributed by atoms with Gasteiger partial charge < -0.3 is 19.9 Å². The molecule has 9 heteroatoms. The molecule has 0 aliphatic heterocycles. The van der Waals surface area contributed by atoms with Crippen molar-refractivity contribution in [3.8, 4) is 0 Å². The Hall–Kier alpha value is -2.26. The lowest BCUT2D eigenvalue weighted by molar-refractivity contribution is -0.149. The van der Waals surface area contributed by atoms with E-state index in [2.05, 4.69) is 15.0 Å². The number of rotatable bonds is 8. The molecule has 0 aliphatic rings. The van der Waals surface area contributed by atoms with Crippen molar-refractivity contribution >= 4 is 23.1 Å². The van der Waals surface area contributed by atoms with Gasteiger partial charge in [-0.05, 0) is 13.8 Å². The Kier molecular flexibility index (Phi) is 5.83. The number of hydrogen-bond donors (Lipinski definition) is 1. The van der Waals surface area contributed by atoms with E-state index in [-0.39, 0.29) is 31.4 Å². The Morgan fingerprint density at radius 1 is 1.30 bits per heavy atom. The van der Waals surface area contributed by atoms with E-state index in [9.17, 15) is 4.79 Å². The minimum Gasteiger partial charge on any atom is -0.463 e. The molecular weight excluding hydrogens is 302 g/mol.